The highest BCUT2D eigenvalue weighted by molar-refractivity contribution is 5.44. The Kier molecular flexibility index (Phi) is 9.51. The molecule has 0 unspecified atom stereocenters. The number of hydrogen-bond acceptors (Lipinski definition) is 6. The lowest BCUT2D eigenvalue weighted by atomic mass is 10.1. The zero-order chi connectivity index (χ0) is 24.5. The van der Waals surface area contributed by atoms with E-state index in [1.165, 1.54) is 0 Å². The van der Waals surface area contributed by atoms with Gasteiger partial charge < -0.3 is 19.3 Å². The van der Waals surface area contributed by atoms with Gasteiger partial charge in [0.25, 0.3) is 0 Å². The fraction of sp³-hybridized carbons (Fsp3) is 0.444. The number of benzene rings is 2. The lowest BCUT2D eigenvalue weighted by Gasteiger charge is -2.30. The number of aliphatic hydroxyl groups excluding tert-OH is 1. The first kappa shape index (κ1) is 25.7. The Balaban J connectivity index is 1.97. The van der Waals surface area contributed by atoms with Crippen LogP contribution >= 0.6 is 0 Å². The smallest absolute Gasteiger partial charge is 0.227 e. The van der Waals surface area contributed by atoms with Crippen molar-refractivity contribution < 1.29 is 19.3 Å². The standard InChI is InChI=1S/C27H37N3O4/c1-6-20(3)29(17-23(31)19-33-7-2)18-26-21(4)28-30(22-11-9-8-10-12-22)27(26)34-25-15-13-24(32-5)14-16-25/h8-16,20,23,31H,6-7,17-19H2,1-5H3/t20-,23-/m0/s1. The van der Waals surface area contributed by atoms with E-state index in [4.69, 9.17) is 19.3 Å². The third-order valence-corrected chi connectivity index (χ3v) is 5.95. The minimum Gasteiger partial charge on any atom is -0.497 e. The largest absolute Gasteiger partial charge is 0.497 e. The molecule has 0 spiro atoms. The van der Waals surface area contributed by atoms with Crippen LogP contribution in [0.4, 0.5) is 0 Å². The Labute approximate surface area is 202 Å². The maximum absolute atomic E-state index is 10.5. The van der Waals surface area contributed by atoms with Crippen LogP contribution in [0.1, 0.15) is 38.4 Å². The molecule has 1 heterocycles. The van der Waals surface area contributed by atoms with Crippen LogP contribution in [0.2, 0.25) is 0 Å². The summed E-state index contributed by atoms with van der Waals surface area (Å²) in [4.78, 5) is 2.27. The highest BCUT2D eigenvalue weighted by atomic mass is 16.5. The van der Waals surface area contributed by atoms with Crippen molar-refractivity contribution in [1.29, 1.82) is 0 Å². The molecule has 1 N–H and O–H groups in total. The van der Waals surface area contributed by atoms with Gasteiger partial charge in [-0.3, -0.25) is 4.90 Å². The average Bonchev–Trinajstić information content (AvgIpc) is 3.17. The zero-order valence-corrected chi connectivity index (χ0v) is 20.9. The first-order chi connectivity index (χ1) is 16.5. The molecular weight excluding hydrogens is 430 g/mol. The van der Waals surface area contributed by atoms with Crippen LogP contribution in [0.5, 0.6) is 17.4 Å². The molecule has 0 saturated heterocycles. The van der Waals surface area contributed by atoms with Crippen molar-refractivity contribution in [3.63, 3.8) is 0 Å². The van der Waals surface area contributed by atoms with Crippen LogP contribution < -0.4 is 9.47 Å². The monoisotopic (exact) mass is 467 g/mol. The Morgan fingerprint density at radius 3 is 2.32 bits per heavy atom. The van der Waals surface area contributed by atoms with Gasteiger partial charge in [-0.15, -0.1) is 0 Å². The Morgan fingerprint density at radius 1 is 1.03 bits per heavy atom. The summed E-state index contributed by atoms with van der Waals surface area (Å²) in [5.74, 6) is 2.14. The molecule has 2 aromatic carbocycles. The zero-order valence-electron chi connectivity index (χ0n) is 20.9. The number of aromatic nitrogens is 2. The summed E-state index contributed by atoms with van der Waals surface area (Å²) in [7, 11) is 1.64. The Morgan fingerprint density at radius 2 is 1.71 bits per heavy atom. The van der Waals surface area contributed by atoms with E-state index >= 15 is 0 Å². The lowest BCUT2D eigenvalue weighted by Crippen LogP contribution is -2.40. The molecule has 1 aromatic heterocycles. The molecule has 0 amide bonds. The van der Waals surface area contributed by atoms with Crippen LogP contribution in [0.3, 0.4) is 0 Å². The molecule has 0 aliphatic heterocycles. The highest BCUT2D eigenvalue weighted by Crippen LogP contribution is 2.33. The number of aryl methyl sites for hydroxylation is 1. The molecule has 0 fully saturated rings. The van der Waals surface area contributed by atoms with Crippen LogP contribution in [0.15, 0.2) is 54.6 Å². The fourth-order valence-corrected chi connectivity index (χ4v) is 3.76. The molecule has 184 valence electrons. The molecule has 0 saturated carbocycles. The molecule has 7 heteroatoms. The first-order valence-corrected chi connectivity index (χ1v) is 11.9. The van der Waals surface area contributed by atoms with E-state index in [2.05, 4.69) is 18.7 Å². The molecule has 34 heavy (non-hydrogen) atoms. The number of aliphatic hydroxyl groups is 1. The maximum atomic E-state index is 10.5. The van der Waals surface area contributed by atoms with Crippen LogP contribution in [0.25, 0.3) is 5.69 Å². The molecule has 0 aliphatic rings. The second-order valence-electron chi connectivity index (χ2n) is 8.39. The van der Waals surface area contributed by atoms with E-state index in [0.29, 0.717) is 37.9 Å². The topological polar surface area (TPSA) is 69.0 Å². The maximum Gasteiger partial charge on any atom is 0.227 e. The minimum atomic E-state index is -0.565. The normalized spacial score (nSPS) is 13.1. The number of ether oxygens (including phenoxy) is 3. The summed E-state index contributed by atoms with van der Waals surface area (Å²) in [6.45, 7) is 10.3. The van der Waals surface area contributed by atoms with Crippen molar-refractivity contribution in [2.24, 2.45) is 0 Å². The lowest BCUT2D eigenvalue weighted by molar-refractivity contribution is 0.0111. The van der Waals surface area contributed by atoms with Crippen molar-refractivity contribution in [2.45, 2.75) is 52.8 Å². The van der Waals surface area contributed by atoms with Gasteiger partial charge in [0.2, 0.25) is 5.88 Å². The molecule has 3 rings (SSSR count). The minimum absolute atomic E-state index is 0.268. The average molecular weight is 468 g/mol. The van der Waals surface area contributed by atoms with E-state index in [0.717, 1.165) is 29.1 Å². The molecule has 0 radical (unpaired) electrons. The van der Waals surface area contributed by atoms with Crippen molar-refractivity contribution in [3.05, 3.63) is 65.9 Å². The van der Waals surface area contributed by atoms with Gasteiger partial charge in [0.1, 0.15) is 11.5 Å². The van der Waals surface area contributed by atoms with Gasteiger partial charge in [-0.1, -0.05) is 25.1 Å². The Hall–Kier alpha value is -2.87. The van der Waals surface area contributed by atoms with E-state index in [-0.39, 0.29) is 6.04 Å². The molecule has 2 atom stereocenters. The molecule has 0 aliphatic carbocycles. The fourth-order valence-electron chi connectivity index (χ4n) is 3.76. The summed E-state index contributed by atoms with van der Waals surface area (Å²) in [6.07, 6.45) is 0.395. The van der Waals surface area contributed by atoms with Crippen LogP contribution in [-0.4, -0.2) is 58.8 Å². The summed E-state index contributed by atoms with van der Waals surface area (Å²) in [5, 5.41) is 15.4. The number of hydrogen-bond donors (Lipinski definition) is 1. The predicted molar refractivity (Wildman–Crippen MR) is 134 cm³/mol. The van der Waals surface area contributed by atoms with Crippen molar-refractivity contribution in [1.82, 2.24) is 14.7 Å². The third kappa shape index (κ3) is 6.59. The van der Waals surface area contributed by atoms with Gasteiger partial charge in [0.05, 0.1) is 36.8 Å². The van der Waals surface area contributed by atoms with Crippen molar-refractivity contribution in [2.75, 3.05) is 26.9 Å². The van der Waals surface area contributed by atoms with Gasteiger partial charge in [0, 0.05) is 25.7 Å². The van der Waals surface area contributed by atoms with Crippen LogP contribution in [0, 0.1) is 6.92 Å². The van der Waals surface area contributed by atoms with E-state index in [1.807, 2.05) is 73.1 Å². The SMILES string of the molecule is CCOC[C@@H](O)CN(Cc1c(C)nn(-c2ccccc2)c1Oc1ccc(OC)cc1)[C@@H](C)CC. The second kappa shape index (κ2) is 12.6. The number of nitrogens with zero attached hydrogens (tertiary/aromatic N) is 3. The number of rotatable bonds is 13. The van der Waals surface area contributed by atoms with Gasteiger partial charge in [0.15, 0.2) is 0 Å². The molecule has 0 bridgehead atoms. The molecule has 3 aromatic rings. The van der Waals surface area contributed by atoms with E-state index < -0.39 is 6.10 Å². The molecule has 7 nitrogen and oxygen atoms in total. The predicted octanol–water partition coefficient (Wildman–Crippen LogP) is 4.98. The first-order valence-electron chi connectivity index (χ1n) is 11.9. The van der Waals surface area contributed by atoms with Gasteiger partial charge in [-0.25, -0.2) is 4.68 Å². The number of methoxy groups -OCH3 is 1. The Bertz CT molecular complexity index is 1000. The van der Waals surface area contributed by atoms with Gasteiger partial charge in [-0.2, -0.15) is 5.10 Å². The van der Waals surface area contributed by atoms with E-state index in [9.17, 15) is 5.11 Å². The second-order valence-corrected chi connectivity index (χ2v) is 8.39. The van der Waals surface area contributed by atoms with Crippen molar-refractivity contribution >= 4 is 0 Å². The van der Waals surface area contributed by atoms with Gasteiger partial charge >= 0.3 is 0 Å². The summed E-state index contributed by atoms with van der Waals surface area (Å²) >= 11 is 0. The van der Waals surface area contributed by atoms with Gasteiger partial charge in [-0.05, 0) is 63.6 Å². The summed E-state index contributed by atoms with van der Waals surface area (Å²) in [5.41, 5.74) is 2.80. The van der Waals surface area contributed by atoms with Crippen LogP contribution in [-0.2, 0) is 11.3 Å². The summed E-state index contributed by atoms with van der Waals surface area (Å²) in [6, 6.07) is 17.8. The summed E-state index contributed by atoms with van der Waals surface area (Å²) < 4.78 is 19.0. The number of para-hydroxylation sites is 1. The quantitative estimate of drug-likeness (QED) is 0.382. The van der Waals surface area contributed by atoms with Crippen molar-refractivity contribution in [3.8, 4) is 23.1 Å². The third-order valence-electron chi connectivity index (χ3n) is 5.95. The van der Waals surface area contributed by atoms with E-state index in [1.54, 1.807) is 7.11 Å². The molecular formula is C27H37N3O4. The highest BCUT2D eigenvalue weighted by Gasteiger charge is 2.24.